The smallest absolute Gasteiger partial charge is 0.255 e. The van der Waals surface area contributed by atoms with Crippen LogP contribution in [0.15, 0.2) is 35.1 Å². The second-order valence-corrected chi connectivity index (χ2v) is 10.7. The van der Waals surface area contributed by atoms with E-state index in [4.69, 9.17) is 11.5 Å². The molecule has 3 aliphatic carbocycles. The molecule has 1 fully saturated rings. The first-order valence-electron chi connectivity index (χ1n) is 12.5. The highest BCUT2D eigenvalue weighted by Crippen LogP contribution is 2.54. The van der Waals surface area contributed by atoms with Gasteiger partial charge in [0.1, 0.15) is 22.8 Å². The number of phenols is 1. The number of halogens is 3. The Hall–Kier alpha value is -4.20. The average molecular weight is 574 g/mol. The second kappa shape index (κ2) is 9.43. The number of hydrogen-bond donors (Lipinski definition) is 6. The summed E-state index contributed by atoms with van der Waals surface area (Å²) in [5, 5.41) is 45.0. The van der Waals surface area contributed by atoms with Crippen LogP contribution in [-0.4, -0.2) is 68.5 Å². The highest BCUT2D eigenvalue weighted by Gasteiger charge is 2.64. The number of aliphatic hydroxyl groups is 3. The number of Topliss-reactive ketones (excluding diaryl/α,β-unsaturated/α-hetero) is 2. The number of carbonyl (C=O) groups is 3. The lowest BCUT2D eigenvalue weighted by atomic mass is 9.57. The number of ketones is 2. The zero-order chi connectivity index (χ0) is 30.3. The number of likely N-dealkylation sites (N-methyl/N-ethyl adjacent to an activating group) is 1. The molecule has 0 saturated heterocycles. The normalized spacial score (nSPS) is 25.8. The summed E-state index contributed by atoms with van der Waals surface area (Å²) in [6.07, 6.45) is -0.320. The van der Waals surface area contributed by atoms with Gasteiger partial charge in [0.2, 0.25) is 5.78 Å². The van der Waals surface area contributed by atoms with E-state index in [9.17, 15) is 48.0 Å². The maximum atomic E-state index is 14.2. The molecule has 0 heterocycles. The van der Waals surface area contributed by atoms with Crippen LogP contribution in [0.4, 0.5) is 13.2 Å². The van der Waals surface area contributed by atoms with E-state index in [2.05, 4.69) is 0 Å². The molecule has 10 nitrogen and oxygen atoms in total. The summed E-state index contributed by atoms with van der Waals surface area (Å²) in [6.45, 7) is -0.303. The predicted octanol–water partition coefficient (Wildman–Crippen LogP) is 1.51. The van der Waals surface area contributed by atoms with Gasteiger partial charge in [-0.3, -0.25) is 19.3 Å². The molecule has 0 unspecified atom stereocenters. The topological polar surface area (TPSA) is 187 Å². The SMILES string of the molecule is CN(C)[C@@H]1C(=O)C(C(N)=O)=C(O)[C@@]2(O)C(=O)C3=C(O)c4c(O)c(CN)cc(-c5cc(F)c(F)c(F)c5)c4C[C@H]3C[C@@H]12. The fourth-order valence-electron chi connectivity index (χ4n) is 6.49. The molecular weight excluding hydrogens is 547 g/mol. The van der Waals surface area contributed by atoms with Crippen LogP contribution in [0.5, 0.6) is 5.75 Å². The van der Waals surface area contributed by atoms with E-state index in [1.807, 2.05) is 0 Å². The van der Waals surface area contributed by atoms with Gasteiger partial charge in [0.25, 0.3) is 5.91 Å². The van der Waals surface area contributed by atoms with Gasteiger partial charge in [-0.1, -0.05) is 0 Å². The van der Waals surface area contributed by atoms with Crippen LogP contribution in [0, 0.1) is 29.3 Å². The first-order valence-corrected chi connectivity index (χ1v) is 12.5. The molecule has 0 bridgehead atoms. The summed E-state index contributed by atoms with van der Waals surface area (Å²) >= 11 is 0. The van der Waals surface area contributed by atoms with Crippen molar-refractivity contribution in [3.05, 3.63) is 69.2 Å². The lowest BCUT2D eigenvalue weighted by Crippen LogP contribution is -2.65. The Morgan fingerprint density at radius 1 is 1.10 bits per heavy atom. The second-order valence-electron chi connectivity index (χ2n) is 10.7. The van der Waals surface area contributed by atoms with Crippen molar-refractivity contribution < 1.29 is 48.0 Å². The maximum Gasteiger partial charge on any atom is 0.255 e. The van der Waals surface area contributed by atoms with Crippen LogP contribution in [0.1, 0.15) is 23.1 Å². The van der Waals surface area contributed by atoms with E-state index in [0.717, 1.165) is 12.1 Å². The van der Waals surface area contributed by atoms with Crippen LogP contribution >= 0.6 is 0 Å². The molecule has 5 rings (SSSR count). The molecule has 2 aromatic carbocycles. The average Bonchev–Trinajstić information content (AvgIpc) is 2.89. The molecule has 13 heteroatoms. The molecule has 3 aliphatic rings. The lowest BCUT2D eigenvalue weighted by Gasteiger charge is -2.50. The fourth-order valence-corrected chi connectivity index (χ4v) is 6.49. The van der Waals surface area contributed by atoms with E-state index < -0.39 is 86.8 Å². The van der Waals surface area contributed by atoms with Crippen molar-refractivity contribution in [3.8, 4) is 16.9 Å². The zero-order valence-corrected chi connectivity index (χ0v) is 21.8. The van der Waals surface area contributed by atoms with Gasteiger partial charge in [-0.25, -0.2) is 13.2 Å². The molecule has 4 atom stereocenters. The van der Waals surface area contributed by atoms with Crippen molar-refractivity contribution in [2.75, 3.05) is 14.1 Å². The Morgan fingerprint density at radius 3 is 2.24 bits per heavy atom. The number of rotatable bonds is 4. The molecule has 2 aromatic rings. The van der Waals surface area contributed by atoms with E-state index >= 15 is 0 Å². The predicted molar refractivity (Wildman–Crippen MR) is 137 cm³/mol. The third-order valence-corrected chi connectivity index (χ3v) is 8.31. The standard InChI is InChI=1S/C28H26F3N3O7/c1-34(2)21-14-5-10-3-13-12(9-6-15(29)20(31)16(30)7-9)4-11(8-32)22(35)18(13)23(36)17(10)25(38)28(14,41)26(39)19(24(21)37)27(33)40/h4,6-7,10,14,21,35-36,39,41H,3,5,8,32H2,1-2H3,(H2,33,40)/t10-,14-,21-,28-/m0/s1. The molecule has 41 heavy (non-hydrogen) atoms. The van der Waals surface area contributed by atoms with Gasteiger partial charge in [-0.05, 0) is 67.7 Å². The molecule has 0 aromatic heterocycles. The minimum Gasteiger partial charge on any atom is -0.508 e. The fraction of sp³-hybridized carbons (Fsp3) is 0.321. The monoisotopic (exact) mass is 573 g/mol. The van der Waals surface area contributed by atoms with Gasteiger partial charge >= 0.3 is 0 Å². The summed E-state index contributed by atoms with van der Waals surface area (Å²) in [7, 11) is 2.94. The molecule has 8 N–H and O–H groups in total. The number of fused-ring (bicyclic) bond motifs is 3. The largest absolute Gasteiger partial charge is 0.508 e. The van der Waals surface area contributed by atoms with Gasteiger partial charge in [0.05, 0.1) is 11.6 Å². The van der Waals surface area contributed by atoms with E-state index in [0.29, 0.717) is 0 Å². The van der Waals surface area contributed by atoms with Crippen molar-refractivity contribution >= 4 is 23.2 Å². The minimum atomic E-state index is -2.82. The quantitative estimate of drug-likeness (QED) is 0.233. The number of hydrogen-bond acceptors (Lipinski definition) is 9. The Morgan fingerprint density at radius 2 is 1.71 bits per heavy atom. The van der Waals surface area contributed by atoms with E-state index in [-0.39, 0.29) is 47.2 Å². The summed E-state index contributed by atoms with van der Waals surface area (Å²) in [6, 6.07) is 1.53. The molecule has 1 saturated carbocycles. The third-order valence-electron chi connectivity index (χ3n) is 8.31. The number of amides is 1. The number of primary amides is 1. The van der Waals surface area contributed by atoms with Crippen molar-refractivity contribution in [2.24, 2.45) is 23.3 Å². The Kier molecular flexibility index (Phi) is 6.52. The number of phenolic OH excluding ortho intramolecular Hbond substituents is 1. The van der Waals surface area contributed by atoms with Gasteiger partial charge in [0, 0.05) is 23.6 Å². The van der Waals surface area contributed by atoms with Crippen LogP contribution in [0.3, 0.4) is 0 Å². The van der Waals surface area contributed by atoms with Crippen LogP contribution < -0.4 is 11.5 Å². The Labute approximate surface area is 231 Å². The molecule has 0 aliphatic heterocycles. The number of nitrogens with zero attached hydrogens (tertiary/aromatic N) is 1. The van der Waals surface area contributed by atoms with Crippen molar-refractivity contribution in [1.29, 1.82) is 0 Å². The summed E-state index contributed by atoms with van der Waals surface area (Å²) in [4.78, 5) is 40.6. The third kappa shape index (κ3) is 3.80. The number of aliphatic hydroxyl groups excluding tert-OH is 2. The van der Waals surface area contributed by atoms with E-state index in [1.54, 1.807) is 0 Å². The minimum absolute atomic E-state index is 0.0176. The van der Waals surface area contributed by atoms with Crippen LogP contribution in [0.25, 0.3) is 16.9 Å². The van der Waals surface area contributed by atoms with Crippen molar-refractivity contribution in [2.45, 2.75) is 31.0 Å². The molecule has 0 spiro atoms. The number of benzene rings is 2. The highest BCUT2D eigenvalue weighted by molar-refractivity contribution is 6.24. The first kappa shape index (κ1) is 28.3. The summed E-state index contributed by atoms with van der Waals surface area (Å²) in [5.41, 5.74) is 6.73. The van der Waals surface area contributed by atoms with Gasteiger partial charge in [-0.2, -0.15) is 0 Å². The zero-order valence-electron chi connectivity index (χ0n) is 21.8. The molecule has 1 amide bonds. The maximum absolute atomic E-state index is 14.2. The molecular formula is C28H26F3N3O7. The van der Waals surface area contributed by atoms with Crippen molar-refractivity contribution in [1.82, 2.24) is 4.90 Å². The number of aromatic hydroxyl groups is 1. The van der Waals surface area contributed by atoms with Crippen LogP contribution in [-0.2, 0) is 27.3 Å². The van der Waals surface area contributed by atoms with Crippen LogP contribution in [0.2, 0.25) is 0 Å². The molecule has 0 radical (unpaired) electrons. The Bertz CT molecular complexity index is 1610. The summed E-state index contributed by atoms with van der Waals surface area (Å²) in [5.74, 6) is -12.9. The first-order chi connectivity index (χ1) is 19.2. The van der Waals surface area contributed by atoms with Crippen molar-refractivity contribution in [3.63, 3.8) is 0 Å². The summed E-state index contributed by atoms with van der Waals surface area (Å²) < 4.78 is 42.1. The van der Waals surface area contributed by atoms with Gasteiger partial charge < -0.3 is 31.9 Å². The highest BCUT2D eigenvalue weighted by atomic mass is 19.2. The Balaban J connectivity index is 1.79. The lowest BCUT2D eigenvalue weighted by molar-refractivity contribution is -0.153. The molecule has 216 valence electrons. The number of carbonyl (C=O) groups excluding carboxylic acids is 3. The van der Waals surface area contributed by atoms with Gasteiger partial charge in [0.15, 0.2) is 28.8 Å². The van der Waals surface area contributed by atoms with E-state index in [1.165, 1.54) is 25.1 Å². The number of nitrogens with two attached hydrogens (primary N) is 2. The van der Waals surface area contributed by atoms with Gasteiger partial charge in [-0.15, -0.1) is 0 Å².